The quantitative estimate of drug-likeness (QED) is 0.488. The van der Waals surface area contributed by atoms with Crippen LogP contribution in [-0.4, -0.2) is 72.4 Å². The van der Waals surface area contributed by atoms with Gasteiger partial charge in [-0.1, -0.05) is 42.5 Å². The van der Waals surface area contributed by atoms with E-state index in [1.54, 1.807) is 7.11 Å². The highest BCUT2D eigenvalue weighted by Crippen LogP contribution is 2.41. The standard InChI is InChI=1S/C30H36N4O4.ClH/c1-38-23-11-7-20(8-12-23)19-34-28(36)30(32-29(34)37)13-15-33(16-14-30)26(27(35)22-9-10-22)25-18-31-17-24(25)21-5-3-2-4-6-21;/h2-8,11-12,22,24-26,31H,9-10,13-19H2,1H3,(H,32,37);1H/t24-,25-,26?;/m1./s1. The van der Waals surface area contributed by atoms with Gasteiger partial charge in [0.05, 0.1) is 19.7 Å². The van der Waals surface area contributed by atoms with Crippen molar-refractivity contribution < 1.29 is 19.1 Å². The number of Topliss-reactive ketones (excluding diaryl/α,β-unsaturated/α-hetero) is 1. The minimum absolute atomic E-state index is 0. The van der Waals surface area contributed by atoms with Crippen molar-refractivity contribution in [2.24, 2.45) is 11.8 Å². The zero-order valence-corrected chi connectivity index (χ0v) is 23.1. The number of nitrogens with zero attached hydrogens (tertiary/aromatic N) is 2. The fourth-order valence-electron chi connectivity index (χ4n) is 6.62. The number of halogens is 1. The summed E-state index contributed by atoms with van der Waals surface area (Å²) in [7, 11) is 1.61. The lowest BCUT2D eigenvalue weighted by Crippen LogP contribution is -2.59. The van der Waals surface area contributed by atoms with Crippen molar-refractivity contribution in [3.05, 3.63) is 65.7 Å². The van der Waals surface area contributed by atoms with Gasteiger partial charge in [0, 0.05) is 43.9 Å². The van der Waals surface area contributed by atoms with Gasteiger partial charge in [0.25, 0.3) is 5.91 Å². The molecule has 3 aliphatic heterocycles. The minimum atomic E-state index is -0.889. The second kappa shape index (κ2) is 11.3. The third-order valence-corrected chi connectivity index (χ3v) is 8.96. The zero-order valence-electron chi connectivity index (χ0n) is 22.3. The minimum Gasteiger partial charge on any atom is -0.497 e. The summed E-state index contributed by atoms with van der Waals surface area (Å²) in [5, 5.41) is 6.58. The molecule has 2 N–H and O–H groups in total. The molecule has 9 heteroatoms. The van der Waals surface area contributed by atoms with E-state index >= 15 is 0 Å². The average molecular weight is 553 g/mol. The lowest BCUT2D eigenvalue weighted by Gasteiger charge is -2.43. The Hall–Kier alpha value is -2.94. The van der Waals surface area contributed by atoms with Crippen LogP contribution in [0.5, 0.6) is 5.75 Å². The van der Waals surface area contributed by atoms with Crippen LogP contribution in [0, 0.1) is 11.8 Å². The maximum atomic E-state index is 13.7. The summed E-state index contributed by atoms with van der Waals surface area (Å²) in [6.45, 7) is 3.15. The number of urea groups is 1. The van der Waals surface area contributed by atoms with Crippen molar-refractivity contribution in [2.45, 2.75) is 49.7 Å². The summed E-state index contributed by atoms with van der Waals surface area (Å²) in [6, 6.07) is 17.4. The largest absolute Gasteiger partial charge is 0.497 e. The van der Waals surface area contributed by atoms with E-state index in [1.807, 2.05) is 30.3 Å². The Morgan fingerprint density at radius 1 is 1.03 bits per heavy atom. The maximum absolute atomic E-state index is 13.7. The van der Waals surface area contributed by atoms with Crippen molar-refractivity contribution >= 4 is 30.1 Å². The molecule has 3 atom stereocenters. The smallest absolute Gasteiger partial charge is 0.325 e. The van der Waals surface area contributed by atoms with E-state index in [1.165, 1.54) is 10.5 Å². The van der Waals surface area contributed by atoms with Gasteiger partial charge < -0.3 is 15.4 Å². The van der Waals surface area contributed by atoms with Gasteiger partial charge in [-0.05, 0) is 48.9 Å². The second-order valence-corrected chi connectivity index (χ2v) is 11.2. The number of carbonyl (C=O) groups is 3. The molecular formula is C30H37ClN4O4. The molecule has 4 aliphatic rings. The molecule has 4 fully saturated rings. The lowest BCUT2D eigenvalue weighted by atomic mass is 9.78. The van der Waals surface area contributed by atoms with Gasteiger partial charge in [-0.25, -0.2) is 4.79 Å². The molecule has 6 rings (SSSR count). The first kappa shape index (κ1) is 27.6. The van der Waals surface area contributed by atoms with Crippen molar-refractivity contribution in [1.82, 2.24) is 20.4 Å². The SMILES string of the molecule is COc1ccc(CN2C(=O)NC3(CCN(C(C(=O)C4CC4)[C@@H]4CNC[C@@H]4c4ccccc4)CC3)C2=O)cc1.Cl. The molecule has 39 heavy (non-hydrogen) atoms. The Balaban J connectivity index is 0.00000308. The van der Waals surface area contributed by atoms with Crippen molar-refractivity contribution in [3.63, 3.8) is 0 Å². The van der Waals surface area contributed by atoms with Crippen LogP contribution in [0.15, 0.2) is 54.6 Å². The average Bonchev–Trinajstić information content (AvgIpc) is 3.65. The van der Waals surface area contributed by atoms with Gasteiger partial charge in [-0.3, -0.25) is 19.4 Å². The Bertz CT molecular complexity index is 1200. The van der Waals surface area contributed by atoms with Crippen LogP contribution in [0.3, 0.4) is 0 Å². The number of hydrogen-bond donors (Lipinski definition) is 2. The first-order valence-corrected chi connectivity index (χ1v) is 13.8. The van der Waals surface area contributed by atoms with Crippen LogP contribution in [0.2, 0.25) is 0 Å². The Morgan fingerprint density at radius 2 is 1.72 bits per heavy atom. The van der Waals surface area contributed by atoms with Gasteiger partial charge in [0.2, 0.25) is 0 Å². The molecule has 0 bridgehead atoms. The Kier molecular flexibility index (Phi) is 7.99. The predicted molar refractivity (Wildman–Crippen MR) is 150 cm³/mol. The fraction of sp³-hybridized carbons (Fsp3) is 0.500. The summed E-state index contributed by atoms with van der Waals surface area (Å²) in [4.78, 5) is 43.8. The second-order valence-electron chi connectivity index (χ2n) is 11.2. The van der Waals surface area contributed by atoms with Crippen LogP contribution in [0.4, 0.5) is 4.79 Å². The normalized spacial score (nSPS) is 25.3. The number of ether oxygens (including phenoxy) is 1. The van der Waals surface area contributed by atoms with Crippen LogP contribution < -0.4 is 15.4 Å². The summed E-state index contributed by atoms with van der Waals surface area (Å²) >= 11 is 0. The number of likely N-dealkylation sites (tertiary alicyclic amines) is 1. The van der Waals surface area contributed by atoms with Crippen molar-refractivity contribution in [1.29, 1.82) is 0 Å². The van der Waals surface area contributed by atoms with Crippen molar-refractivity contribution in [3.8, 4) is 5.75 Å². The van der Waals surface area contributed by atoms with Crippen LogP contribution in [-0.2, 0) is 16.1 Å². The molecule has 0 radical (unpaired) electrons. The van der Waals surface area contributed by atoms with E-state index in [0.717, 1.165) is 37.2 Å². The summed E-state index contributed by atoms with van der Waals surface area (Å²) in [6.07, 6.45) is 3.00. The molecule has 208 valence electrons. The molecule has 3 amide bonds. The van der Waals surface area contributed by atoms with Crippen LogP contribution in [0.25, 0.3) is 0 Å². The Morgan fingerprint density at radius 3 is 2.36 bits per heavy atom. The van der Waals surface area contributed by atoms with E-state index in [-0.39, 0.29) is 54.7 Å². The summed E-state index contributed by atoms with van der Waals surface area (Å²) in [5.41, 5.74) is 1.26. The maximum Gasteiger partial charge on any atom is 0.325 e. The number of carbonyl (C=O) groups excluding carboxylic acids is 3. The number of ketones is 1. The summed E-state index contributed by atoms with van der Waals surface area (Å²) < 4.78 is 5.21. The van der Waals surface area contributed by atoms with Gasteiger partial charge in [-0.2, -0.15) is 0 Å². The molecule has 0 aromatic heterocycles. The van der Waals surface area contributed by atoms with E-state index in [0.29, 0.717) is 31.7 Å². The highest BCUT2D eigenvalue weighted by atomic mass is 35.5. The monoisotopic (exact) mass is 552 g/mol. The van der Waals surface area contributed by atoms with Gasteiger partial charge in [0.15, 0.2) is 5.78 Å². The molecule has 1 unspecified atom stereocenters. The molecule has 2 aromatic rings. The molecule has 3 saturated heterocycles. The molecule has 8 nitrogen and oxygen atoms in total. The van der Waals surface area contributed by atoms with E-state index in [9.17, 15) is 14.4 Å². The highest BCUT2D eigenvalue weighted by molar-refractivity contribution is 6.07. The molecule has 3 heterocycles. The van der Waals surface area contributed by atoms with E-state index < -0.39 is 5.54 Å². The lowest BCUT2D eigenvalue weighted by molar-refractivity contribution is -0.134. The van der Waals surface area contributed by atoms with Gasteiger partial charge >= 0.3 is 6.03 Å². The fourth-order valence-corrected chi connectivity index (χ4v) is 6.62. The van der Waals surface area contributed by atoms with Gasteiger partial charge in [-0.15, -0.1) is 12.4 Å². The highest BCUT2D eigenvalue weighted by Gasteiger charge is 2.54. The number of imide groups is 1. The number of rotatable bonds is 8. The van der Waals surface area contributed by atoms with E-state index in [4.69, 9.17) is 4.74 Å². The van der Waals surface area contributed by atoms with E-state index in [2.05, 4.69) is 39.8 Å². The predicted octanol–water partition coefficient (Wildman–Crippen LogP) is 3.35. The first-order chi connectivity index (χ1) is 18.5. The zero-order chi connectivity index (χ0) is 26.3. The third kappa shape index (κ3) is 5.30. The first-order valence-electron chi connectivity index (χ1n) is 13.8. The third-order valence-electron chi connectivity index (χ3n) is 8.96. The molecular weight excluding hydrogens is 516 g/mol. The number of nitrogens with one attached hydrogen (secondary N) is 2. The molecule has 1 aliphatic carbocycles. The Labute approximate surface area is 235 Å². The molecule has 1 saturated carbocycles. The number of piperidine rings is 1. The van der Waals surface area contributed by atoms with Crippen LogP contribution >= 0.6 is 12.4 Å². The van der Waals surface area contributed by atoms with Crippen LogP contribution in [0.1, 0.15) is 42.7 Å². The number of amides is 3. The van der Waals surface area contributed by atoms with Crippen molar-refractivity contribution in [2.75, 3.05) is 33.3 Å². The topological polar surface area (TPSA) is 91.0 Å². The van der Waals surface area contributed by atoms with Gasteiger partial charge in [0.1, 0.15) is 11.3 Å². The number of hydrogen-bond acceptors (Lipinski definition) is 6. The summed E-state index contributed by atoms with van der Waals surface area (Å²) in [5.74, 6) is 1.58. The molecule has 2 aromatic carbocycles. The number of benzene rings is 2. The number of methoxy groups -OCH3 is 1. The molecule has 1 spiro atoms.